The number of nitrogens with zero attached hydrogens (tertiary/aromatic N) is 3. The fourth-order valence-corrected chi connectivity index (χ4v) is 0.988. The van der Waals surface area contributed by atoms with E-state index in [0.717, 1.165) is 0 Å². The Labute approximate surface area is 82.3 Å². The molecule has 1 heterocycles. The SMILES string of the molecule is CNN(NC)N(NC)C(=O)C1=NC=C1. The largest absolute Gasteiger partial charge is 0.303 e. The molecule has 0 unspecified atom stereocenters. The van der Waals surface area contributed by atoms with Gasteiger partial charge in [-0.2, -0.15) is 5.12 Å². The molecule has 0 spiro atoms. The normalized spacial score (nSPS) is 13.9. The average Bonchev–Trinajstić information content (AvgIpc) is 2.10. The Morgan fingerprint density at radius 3 is 2.14 bits per heavy atom. The van der Waals surface area contributed by atoms with Crippen molar-refractivity contribution in [1.29, 1.82) is 0 Å². The van der Waals surface area contributed by atoms with Gasteiger partial charge in [0.1, 0.15) is 5.71 Å². The number of hydrogen-bond acceptors (Lipinski definition) is 6. The third-order valence-corrected chi connectivity index (χ3v) is 1.69. The van der Waals surface area contributed by atoms with Crippen molar-refractivity contribution in [2.24, 2.45) is 4.99 Å². The van der Waals surface area contributed by atoms with E-state index in [-0.39, 0.29) is 5.91 Å². The zero-order valence-corrected chi connectivity index (χ0v) is 8.40. The van der Waals surface area contributed by atoms with Gasteiger partial charge in [-0.1, -0.05) is 5.23 Å². The van der Waals surface area contributed by atoms with Crippen LogP contribution >= 0.6 is 0 Å². The quantitative estimate of drug-likeness (QED) is 0.464. The molecular formula is C7H14N6O. The second kappa shape index (κ2) is 4.82. The van der Waals surface area contributed by atoms with E-state index in [0.29, 0.717) is 5.71 Å². The summed E-state index contributed by atoms with van der Waals surface area (Å²) in [7, 11) is 5.02. The summed E-state index contributed by atoms with van der Waals surface area (Å²) in [6, 6.07) is 0. The van der Waals surface area contributed by atoms with Crippen LogP contribution in [-0.4, -0.2) is 43.1 Å². The fraction of sp³-hybridized carbons (Fsp3) is 0.429. The van der Waals surface area contributed by atoms with Gasteiger partial charge in [-0.05, 0) is 6.08 Å². The van der Waals surface area contributed by atoms with Crippen LogP contribution in [0.15, 0.2) is 17.3 Å². The first-order valence-corrected chi connectivity index (χ1v) is 4.15. The second-order valence-electron chi connectivity index (χ2n) is 2.43. The lowest BCUT2D eigenvalue weighted by Crippen LogP contribution is -2.63. The maximum absolute atomic E-state index is 11.7. The zero-order chi connectivity index (χ0) is 10.6. The van der Waals surface area contributed by atoms with Crippen LogP contribution in [0.2, 0.25) is 0 Å². The lowest BCUT2D eigenvalue weighted by atomic mass is 10.3. The van der Waals surface area contributed by atoms with E-state index in [9.17, 15) is 4.79 Å². The number of nitrogens with one attached hydrogen (secondary N) is 3. The molecule has 1 aliphatic heterocycles. The molecule has 14 heavy (non-hydrogen) atoms. The van der Waals surface area contributed by atoms with E-state index in [1.54, 1.807) is 33.4 Å². The van der Waals surface area contributed by atoms with Gasteiger partial charge < -0.3 is 0 Å². The molecule has 7 nitrogen and oxygen atoms in total. The predicted molar refractivity (Wildman–Crippen MR) is 52.4 cm³/mol. The maximum Gasteiger partial charge on any atom is 0.303 e. The van der Waals surface area contributed by atoms with Gasteiger partial charge in [-0.15, -0.1) is 0 Å². The molecule has 7 heteroatoms. The van der Waals surface area contributed by atoms with Crippen LogP contribution in [0.4, 0.5) is 0 Å². The number of hydrogen-bond donors (Lipinski definition) is 3. The number of carbonyl (C=O) groups is 1. The van der Waals surface area contributed by atoms with Gasteiger partial charge in [0.2, 0.25) is 0 Å². The van der Waals surface area contributed by atoms with Crippen LogP contribution < -0.4 is 16.3 Å². The standard InChI is InChI=1S/C7H14N6O/c1-8-12(13(9-2)10-3)7(14)6-4-5-11-6/h4-5,8-10H,1-3H3. The lowest BCUT2D eigenvalue weighted by molar-refractivity contribution is -0.166. The van der Waals surface area contributed by atoms with Crippen molar-refractivity contribution in [3.8, 4) is 0 Å². The third-order valence-electron chi connectivity index (χ3n) is 1.69. The Kier molecular flexibility index (Phi) is 3.72. The summed E-state index contributed by atoms with van der Waals surface area (Å²) in [5, 5.41) is 2.67. The highest BCUT2D eigenvalue weighted by molar-refractivity contribution is 6.44. The summed E-state index contributed by atoms with van der Waals surface area (Å²) < 4.78 is 0. The summed E-state index contributed by atoms with van der Waals surface area (Å²) in [4.78, 5) is 15.5. The molecule has 0 aliphatic carbocycles. The third kappa shape index (κ3) is 1.96. The van der Waals surface area contributed by atoms with Crippen molar-refractivity contribution >= 4 is 11.6 Å². The minimum absolute atomic E-state index is 0.237. The van der Waals surface area contributed by atoms with Gasteiger partial charge >= 0.3 is 5.91 Å². The van der Waals surface area contributed by atoms with Gasteiger partial charge in [-0.3, -0.25) is 9.79 Å². The Balaban J connectivity index is 2.64. The van der Waals surface area contributed by atoms with Gasteiger partial charge in [0.15, 0.2) is 0 Å². The molecule has 0 aromatic carbocycles. The molecular weight excluding hydrogens is 184 g/mol. The predicted octanol–water partition coefficient (Wildman–Crippen LogP) is -1.60. The molecule has 0 atom stereocenters. The van der Waals surface area contributed by atoms with Crippen molar-refractivity contribution in [3.05, 3.63) is 12.3 Å². The molecule has 3 N–H and O–H groups in total. The summed E-state index contributed by atoms with van der Waals surface area (Å²) in [5.74, 6) is -0.237. The molecule has 0 bridgehead atoms. The van der Waals surface area contributed by atoms with Gasteiger partial charge in [0.25, 0.3) is 0 Å². The number of aliphatic imine (C=N–C) groups is 1. The number of rotatable bonds is 5. The van der Waals surface area contributed by atoms with Crippen molar-refractivity contribution < 1.29 is 4.79 Å². The van der Waals surface area contributed by atoms with E-state index in [1.807, 2.05) is 0 Å². The second-order valence-corrected chi connectivity index (χ2v) is 2.43. The van der Waals surface area contributed by atoms with Crippen molar-refractivity contribution in [1.82, 2.24) is 26.6 Å². The Hall–Kier alpha value is -1.28. The highest BCUT2D eigenvalue weighted by atomic mass is 16.2. The highest BCUT2D eigenvalue weighted by Gasteiger charge is 2.23. The van der Waals surface area contributed by atoms with Crippen molar-refractivity contribution in [3.63, 3.8) is 0 Å². The Morgan fingerprint density at radius 1 is 1.29 bits per heavy atom. The Morgan fingerprint density at radius 2 is 1.86 bits per heavy atom. The minimum atomic E-state index is -0.237. The first-order valence-electron chi connectivity index (χ1n) is 4.15. The van der Waals surface area contributed by atoms with Crippen molar-refractivity contribution in [2.45, 2.75) is 0 Å². The van der Waals surface area contributed by atoms with E-state index >= 15 is 0 Å². The molecule has 0 saturated heterocycles. The van der Waals surface area contributed by atoms with Gasteiger partial charge in [0.05, 0.1) is 0 Å². The molecule has 1 amide bonds. The van der Waals surface area contributed by atoms with Crippen LogP contribution in [-0.2, 0) is 4.79 Å². The van der Waals surface area contributed by atoms with E-state index in [4.69, 9.17) is 0 Å². The van der Waals surface area contributed by atoms with Crippen LogP contribution in [0, 0.1) is 0 Å². The van der Waals surface area contributed by atoms with Gasteiger partial charge in [0, 0.05) is 27.3 Å². The van der Waals surface area contributed by atoms with Gasteiger partial charge in [-0.25, -0.2) is 16.3 Å². The molecule has 0 radical (unpaired) electrons. The summed E-state index contributed by atoms with van der Waals surface area (Å²) >= 11 is 0. The smallest absolute Gasteiger partial charge is 0.264 e. The minimum Gasteiger partial charge on any atom is -0.264 e. The van der Waals surface area contributed by atoms with Crippen LogP contribution in [0.5, 0.6) is 0 Å². The van der Waals surface area contributed by atoms with Crippen molar-refractivity contribution in [2.75, 3.05) is 21.1 Å². The molecule has 1 aliphatic rings. The molecule has 0 aromatic heterocycles. The first kappa shape index (κ1) is 10.8. The summed E-state index contributed by atoms with van der Waals surface area (Å²) in [6.07, 6.45) is 3.22. The number of amides is 1. The fourth-order valence-electron chi connectivity index (χ4n) is 0.988. The number of carbonyl (C=O) groups excluding carboxylic acids is 1. The van der Waals surface area contributed by atoms with E-state index in [1.165, 1.54) is 10.3 Å². The average molecular weight is 198 g/mol. The van der Waals surface area contributed by atoms with E-state index < -0.39 is 0 Å². The highest BCUT2D eigenvalue weighted by Crippen LogP contribution is 2.00. The summed E-state index contributed by atoms with van der Waals surface area (Å²) in [5.41, 5.74) is 8.68. The van der Waals surface area contributed by atoms with Crippen LogP contribution in [0.25, 0.3) is 0 Å². The summed E-state index contributed by atoms with van der Waals surface area (Å²) in [6.45, 7) is 0. The molecule has 0 saturated carbocycles. The van der Waals surface area contributed by atoms with Crippen LogP contribution in [0.1, 0.15) is 0 Å². The molecule has 0 fully saturated rings. The molecule has 78 valence electrons. The lowest BCUT2D eigenvalue weighted by Gasteiger charge is -2.31. The number of hydrazine groups is 4. The Bertz CT molecular complexity index is 269. The first-order chi connectivity index (χ1) is 6.74. The monoisotopic (exact) mass is 198 g/mol. The molecule has 0 aromatic rings. The van der Waals surface area contributed by atoms with Crippen LogP contribution in [0.3, 0.4) is 0 Å². The van der Waals surface area contributed by atoms with E-state index in [2.05, 4.69) is 21.3 Å². The zero-order valence-electron chi connectivity index (χ0n) is 8.40. The molecule has 1 rings (SSSR count). The maximum atomic E-state index is 11.7. The topological polar surface area (TPSA) is 72.0 Å².